The Morgan fingerprint density at radius 3 is 2.81 bits per heavy atom. The van der Waals surface area contributed by atoms with Crippen LogP contribution in [0, 0.1) is 11.8 Å². The predicted molar refractivity (Wildman–Crippen MR) is 113 cm³/mol. The van der Waals surface area contributed by atoms with Gasteiger partial charge in [0.15, 0.2) is 0 Å². The van der Waals surface area contributed by atoms with E-state index in [1.165, 1.54) is 11.1 Å². The van der Waals surface area contributed by atoms with E-state index in [9.17, 15) is 0 Å². The first-order chi connectivity index (χ1) is 13.4. The summed E-state index contributed by atoms with van der Waals surface area (Å²) < 4.78 is 0. The normalized spacial score (nSPS) is 16.4. The van der Waals surface area contributed by atoms with Gasteiger partial charge in [0.25, 0.3) is 0 Å². The highest BCUT2D eigenvalue weighted by Crippen LogP contribution is 2.24. The molecule has 0 radical (unpaired) electrons. The predicted octanol–water partition coefficient (Wildman–Crippen LogP) is 5.20. The van der Waals surface area contributed by atoms with Crippen LogP contribution in [-0.4, -0.2) is 17.6 Å². The number of hydrogen-bond donors (Lipinski definition) is 1. The van der Waals surface area contributed by atoms with Gasteiger partial charge in [0.2, 0.25) is 0 Å². The van der Waals surface area contributed by atoms with Crippen molar-refractivity contribution in [3.05, 3.63) is 84.1 Å². The van der Waals surface area contributed by atoms with Gasteiger partial charge in [-0.3, -0.25) is 4.98 Å². The molecule has 0 aliphatic carbocycles. The summed E-state index contributed by atoms with van der Waals surface area (Å²) in [5, 5.41) is 4.76. The Kier molecular flexibility index (Phi) is 5.62. The third kappa shape index (κ3) is 4.64. The topological polar surface area (TPSA) is 24.9 Å². The summed E-state index contributed by atoms with van der Waals surface area (Å²) in [5.41, 5.74) is 4.84. The molecule has 0 saturated carbocycles. The van der Waals surface area contributed by atoms with Crippen LogP contribution in [0.15, 0.2) is 72.9 Å². The number of para-hydroxylation sites is 1. The first-order valence-corrected chi connectivity index (χ1v) is 9.70. The van der Waals surface area contributed by atoms with Gasteiger partial charge in [0, 0.05) is 36.2 Å². The Labute approximate surface area is 161 Å². The fourth-order valence-corrected chi connectivity index (χ4v) is 3.60. The fraction of sp³-hybridized carbons (Fsp3) is 0.240. The molecule has 3 aromatic rings. The third-order valence-electron chi connectivity index (χ3n) is 5.04. The second-order valence-electron chi connectivity index (χ2n) is 7.02. The molecule has 2 heterocycles. The zero-order valence-corrected chi connectivity index (χ0v) is 15.5. The van der Waals surface area contributed by atoms with Gasteiger partial charge in [0.1, 0.15) is 0 Å². The molecule has 134 valence electrons. The van der Waals surface area contributed by atoms with Crippen LogP contribution in [0.3, 0.4) is 0 Å². The number of fused-ring (bicyclic) bond motifs is 1. The number of benzene rings is 2. The van der Waals surface area contributed by atoms with Crippen molar-refractivity contribution < 1.29 is 0 Å². The van der Waals surface area contributed by atoms with Gasteiger partial charge in [-0.1, -0.05) is 66.4 Å². The molecule has 1 atom stereocenters. The highest BCUT2D eigenvalue weighted by atomic mass is 14.9. The van der Waals surface area contributed by atoms with Crippen molar-refractivity contribution in [2.75, 3.05) is 6.54 Å². The molecule has 2 heteroatoms. The molecule has 0 bridgehead atoms. The summed E-state index contributed by atoms with van der Waals surface area (Å²) in [5.74, 6) is 6.58. The standard InChI is InChI=1S/C25H24N2/c1(3-9-20-17-23-12-7-8-14-25(23)27-19-20)6-13-24-18-22(15-16-26-24)21-10-4-2-5-11-21/h2,4-5,7-8,10-12,14-15,17,19,24,26H,1,6,13,16,18H2. The molecule has 1 N–H and O–H groups in total. The molecule has 4 rings (SSSR count). The van der Waals surface area contributed by atoms with Gasteiger partial charge < -0.3 is 5.32 Å². The lowest BCUT2D eigenvalue weighted by Gasteiger charge is -2.24. The molecule has 2 nitrogen and oxygen atoms in total. The van der Waals surface area contributed by atoms with Crippen LogP contribution in [0.25, 0.3) is 16.5 Å². The third-order valence-corrected chi connectivity index (χ3v) is 5.04. The second kappa shape index (κ2) is 8.66. The van der Waals surface area contributed by atoms with Crippen LogP contribution in [0.5, 0.6) is 0 Å². The van der Waals surface area contributed by atoms with Gasteiger partial charge >= 0.3 is 0 Å². The number of rotatable bonds is 4. The minimum atomic E-state index is 0.550. The van der Waals surface area contributed by atoms with Crippen LogP contribution < -0.4 is 5.32 Å². The summed E-state index contributed by atoms with van der Waals surface area (Å²) in [6, 6.07) is 21.6. The monoisotopic (exact) mass is 352 g/mol. The molecule has 0 saturated heterocycles. The smallest absolute Gasteiger partial charge is 0.0702 e. The first kappa shape index (κ1) is 17.5. The van der Waals surface area contributed by atoms with E-state index in [0.29, 0.717) is 6.04 Å². The maximum atomic E-state index is 4.47. The molecular formula is C25H24N2. The second-order valence-corrected chi connectivity index (χ2v) is 7.02. The Morgan fingerprint density at radius 1 is 1.04 bits per heavy atom. The average Bonchev–Trinajstić information content (AvgIpc) is 2.74. The van der Waals surface area contributed by atoms with E-state index in [-0.39, 0.29) is 0 Å². The van der Waals surface area contributed by atoms with E-state index in [1.54, 1.807) is 0 Å². The van der Waals surface area contributed by atoms with Crippen molar-refractivity contribution in [3.8, 4) is 11.8 Å². The van der Waals surface area contributed by atoms with Crippen molar-refractivity contribution in [3.63, 3.8) is 0 Å². The number of hydrogen-bond acceptors (Lipinski definition) is 2. The number of unbranched alkanes of at least 4 members (excludes halogenated alkanes) is 1. The van der Waals surface area contributed by atoms with Crippen molar-refractivity contribution in [2.45, 2.75) is 31.7 Å². The van der Waals surface area contributed by atoms with Crippen molar-refractivity contribution in [1.29, 1.82) is 0 Å². The molecule has 1 aliphatic rings. The molecule has 0 amide bonds. The van der Waals surface area contributed by atoms with Gasteiger partial charge in [-0.2, -0.15) is 0 Å². The van der Waals surface area contributed by atoms with Gasteiger partial charge in [-0.05, 0) is 42.5 Å². The molecule has 27 heavy (non-hydrogen) atoms. The number of aromatic nitrogens is 1. The zero-order valence-electron chi connectivity index (χ0n) is 15.5. The average molecular weight is 352 g/mol. The van der Waals surface area contributed by atoms with Gasteiger partial charge in [-0.15, -0.1) is 0 Å². The summed E-state index contributed by atoms with van der Waals surface area (Å²) in [4.78, 5) is 4.47. The molecule has 1 aromatic heterocycles. The quantitative estimate of drug-likeness (QED) is 0.515. The summed E-state index contributed by atoms with van der Waals surface area (Å²) in [7, 11) is 0. The first-order valence-electron chi connectivity index (χ1n) is 9.70. The Morgan fingerprint density at radius 2 is 1.89 bits per heavy atom. The summed E-state index contributed by atoms with van der Waals surface area (Å²) in [6.07, 6.45) is 8.50. The Hall–Kier alpha value is -2.89. The van der Waals surface area contributed by atoms with E-state index < -0.39 is 0 Å². The number of nitrogens with zero attached hydrogens (tertiary/aromatic N) is 1. The maximum absolute atomic E-state index is 4.47. The largest absolute Gasteiger partial charge is 0.310 e. The lowest BCUT2D eigenvalue weighted by molar-refractivity contribution is 0.489. The minimum Gasteiger partial charge on any atom is -0.310 e. The summed E-state index contributed by atoms with van der Waals surface area (Å²) >= 11 is 0. The van der Waals surface area contributed by atoms with Crippen LogP contribution >= 0.6 is 0 Å². The Balaban J connectivity index is 1.28. The van der Waals surface area contributed by atoms with E-state index in [2.05, 4.69) is 70.7 Å². The maximum Gasteiger partial charge on any atom is 0.0702 e. The van der Waals surface area contributed by atoms with E-state index in [0.717, 1.165) is 48.7 Å². The summed E-state index contributed by atoms with van der Waals surface area (Å²) in [6.45, 7) is 0.962. The minimum absolute atomic E-state index is 0.550. The highest BCUT2D eigenvalue weighted by Gasteiger charge is 2.15. The lowest BCUT2D eigenvalue weighted by Crippen LogP contribution is -2.32. The van der Waals surface area contributed by atoms with Crippen molar-refractivity contribution in [2.24, 2.45) is 0 Å². The lowest BCUT2D eigenvalue weighted by atomic mass is 9.93. The van der Waals surface area contributed by atoms with Crippen LogP contribution in [-0.2, 0) is 0 Å². The van der Waals surface area contributed by atoms with E-state index in [4.69, 9.17) is 0 Å². The molecule has 0 spiro atoms. The number of nitrogens with one attached hydrogen (secondary N) is 1. The molecule has 0 fully saturated rings. The highest BCUT2D eigenvalue weighted by molar-refractivity contribution is 5.79. The van der Waals surface area contributed by atoms with Gasteiger partial charge in [-0.25, -0.2) is 0 Å². The van der Waals surface area contributed by atoms with E-state index in [1.807, 2.05) is 24.4 Å². The van der Waals surface area contributed by atoms with Crippen molar-refractivity contribution >= 4 is 16.5 Å². The molecular weight excluding hydrogens is 328 g/mol. The molecule has 1 aliphatic heterocycles. The number of pyridine rings is 1. The fourth-order valence-electron chi connectivity index (χ4n) is 3.60. The molecule has 1 unspecified atom stereocenters. The van der Waals surface area contributed by atoms with Crippen molar-refractivity contribution in [1.82, 2.24) is 10.3 Å². The van der Waals surface area contributed by atoms with E-state index >= 15 is 0 Å². The van der Waals surface area contributed by atoms with Crippen LogP contribution in [0.4, 0.5) is 0 Å². The van der Waals surface area contributed by atoms with Crippen LogP contribution in [0.2, 0.25) is 0 Å². The van der Waals surface area contributed by atoms with Gasteiger partial charge in [0.05, 0.1) is 5.52 Å². The molecule has 2 aromatic carbocycles. The van der Waals surface area contributed by atoms with Crippen LogP contribution in [0.1, 0.15) is 36.8 Å². The Bertz CT molecular complexity index is 993. The zero-order chi connectivity index (χ0) is 18.3. The SMILES string of the molecule is C(#Cc1cnc2ccccc2c1)CCCC1CC(c2ccccc2)=CCN1.